The highest BCUT2D eigenvalue weighted by Gasteiger charge is 2.23. The Labute approximate surface area is 212 Å². The van der Waals surface area contributed by atoms with Crippen LogP contribution in [0.3, 0.4) is 0 Å². The van der Waals surface area contributed by atoms with Gasteiger partial charge in [-0.1, -0.05) is 43.0 Å². The zero-order chi connectivity index (χ0) is 24.6. The number of nitrogens with zero attached hydrogens (tertiary/aromatic N) is 3. The van der Waals surface area contributed by atoms with Crippen LogP contribution in [0.15, 0.2) is 85.2 Å². The molecule has 0 fully saturated rings. The Morgan fingerprint density at radius 3 is 2.78 bits per heavy atom. The molecule has 1 amide bonds. The van der Waals surface area contributed by atoms with Crippen molar-refractivity contribution in [3.05, 3.63) is 113 Å². The minimum absolute atomic E-state index is 0.0414. The van der Waals surface area contributed by atoms with E-state index in [9.17, 15) is 4.79 Å². The summed E-state index contributed by atoms with van der Waals surface area (Å²) in [6.07, 6.45) is 3.76. The van der Waals surface area contributed by atoms with Gasteiger partial charge in [0.2, 0.25) is 0 Å². The highest BCUT2D eigenvalue weighted by Crippen LogP contribution is 2.33. The third-order valence-electron chi connectivity index (χ3n) is 7.42. The summed E-state index contributed by atoms with van der Waals surface area (Å²) in [6, 6.07) is 22.7. The van der Waals surface area contributed by atoms with E-state index in [1.165, 1.54) is 22.1 Å². The zero-order valence-electron chi connectivity index (χ0n) is 20.6. The van der Waals surface area contributed by atoms with Gasteiger partial charge in [-0.3, -0.25) is 14.7 Å². The molecule has 0 radical (unpaired) electrons. The summed E-state index contributed by atoms with van der Waals surface area (Å²) >= 11 is 0. The molecular weight excluding hydrogens is 444 g/mol. The second kappa shape index (κ2) is 9.25. The van der Waals surface area contributed by atoms with Gasteiger partial charge in [0.1, 0.15) is 0 Å². The lowest BCUT2D eigenvalue weighted by Crippen LogP contribution is -2.31. The Hall–Kier alpha value is -3.96. The predicted molar refractivity (Wildman–Crippen MR) is 146 cm³/mol. The molecule has 4 aromatic rings. The molecule has 3 heterocycles. The number of amides is 1. The molecule has 0 unspecified atom stereocenters. The van der Waals surface area contributed by atoms with Crippen LogP contribution in [-0.4, -0.2) is 28.9 Å². The van der Waals surface area contributed by atoms with Crippen molar-refractivity contribution >= 4 is 28.2 Å². The van der Waals surface area contributed by atoms with E-state index >= 15 is 0 Å². The van der Waals surface area contributed by atoms with E-state index in [1.54, 1.807) is 0 Å². The number of para-hydroxylation sites is 1. The van der Waals surface area contributed by atoms with Crippen molar-refractivity contribution in [2.24, 2.45) is 0 Å². The van der Waals surface area contributed by atoms with Gasteiger partial charge < -0.3 is 10.2 Å². The monoisotopic (exact) mass is 474 g/mol. The maximum Gasteiger partial charge on any atom is 0.255 e. The molecule has 0 atom stereocenters. The maximum absolute atomic E-state index is 13.4. The number of anilines is 2. The van der Waals surface area contributed by atoms with Gasteiger partial charge in [0, 0.05) is 60.4 Å². The number of benzene rings is 3. The van der Waals surface area contributed by atoms with Gasteiger partial charge in [-0.15, -0.1) is 0 Å². The van der Waals surface area contributed by atoms with Crippen molar-refractivity contribution in [1.82, 2.24) is 9.88 Å². The van der Waals surface area contributed by atoms with Gasteiger partial charge in [0.05, 0.1) is 5.52 Å². The Bertz CT molecular complexity index is 1490. The highest BCUT2D eigenvalue weighted by atomic mass is 16.1. The van der Waals surface area contributed by atoms with Crippen molar-refractivity contribution in [3.8, 4) is 0 Å². The number of hydrogen-bond acceptors (Lipinski definition) is 4. The standard InChI is InChI=1S/C31H30N4O/c1-21(2)35-17-13-22-10-11-25(18-30(22)35)33-31(36)28-8-5-6-23-19-34(16-14-26(23)28)20-24-12-15-32-29-9-4-3-7-27(24)29/h3-12,15,18H,1,13-14,16-17,19-20H2,2H3,(H,33,36). The largest absolute Gasteiger partial charge is 0.345 e. The lowest BCUT2D eigenvalue weighted by atomic mass is 9.93. The number of carbonyl (C=O) groups excluding carboxylic acids is 1. The quantitative estimate of drug-likeness (QED) is 0.389. The minimum Gasteiger partial charge on any atom is -0.345 e. The summed E-state index contributed by atoms with van der Waals surface area (Å²) in [5, 5.41) is 4.36. The van der Waals surface area contributed by atoms with Crippen LogP contribution in [0.5, 0.6) is 0 Å². The Morgan fingerprint density at radius 2 is 1.89 bits per heavy atom. The second-order valence-electron chi connectivity index (χ2n) is 9.83. The van der Waals surface area contributed by atoms with Gasteiger partial charge in [-0.2, -0.15) is 0 Å². The number of fused-ring (bicyclic) bond motifs is 3. The average molecular weight is 475 g/mol. The van der Waals surface area contributed by atoms with E-state index < -0.39 is 0 Å². The van der Waals surface area contributed by atoms with Crippen molar-refractivity contribution in [2.75, 3.05) is 23.3 Å². The van der Waals surface area contributed by atoms with Crippen LogP contribution in [0.2, 0.25) is 0 Å². The minimum atomic E-state index is -0.0414. The summed E-state index contributed by atoms with van der Waals surface area (Å²) in [7, 11) is 0. The Kier molecular flexibility index (Phi) is 5.78. The molecule has 0 bridgehead atoms. The van der Waals surface area contributed by atoms with Crippen LogP contribution >= 0.6 is 0 Å². The number of nitrogens with one attached hydrogen (secondary N) is 1. The smallest absolute Gasteiger partial charge is 0.255 e. The number of carbonyl (C=O) groups is 1. The fourth-order valence-corrected chi connectivity index (χ4v) is 5.60. The zero-order valence-corrected chi connectivity index (χ0v) is 20.6. The van der Waals surface area contributed by atoms with E-state index in [1.807, 2.05) is 37.4 Å². The first-order valence-corrected chi connectivity index (χ1v) is 12.6. The SMILES string of the molecule is C=C(C)N1CCc2ccc(NC(=O)c3cccc4c3CCN(Cc3ccnc5ccccc35)C4)cc21. The molecule has 36 heavy (non-hydrogen) atoms. The molecule has 0 saturated heterocycles. The predicted octanol–water partition coefficient (Wildman–Crippen LogP) is 5.94. The number of pyridine rings is 1. The van der Waals surface area contributed by atoms with E-state index in [2.05, 4.69) is 69.1 Å². The van der Waals surface area contributed by atoms with Gasteiger partial charge in [0.15, 0.2) is 0 Å². The summed E-state index contributed by atoms with van der Waals surface area (Å²) in [6.45, 7) is 9.69. The maximum atomic E-state index is 13.4. The lowest BCUT2D eigenvalue weighted by molar-refractivity contribution is 0.102. The normalized spacial score (nSPS) is 15.0. The third kappa shape index (κ3) is 4.16. The van der Waals surface area contributed by atoms with Crippen molar-refractivity contribution in [2.45, 2.75) is 32.9 Å². The Morgan fingerprint density at radius 1 is 1.00 bits per heavy atom. The molecule has 3 aromatic carbocycles. The summed E-state index contributed by atoms with van der Waals surface area (Å²) in [5.74, 6) is -0.0414. The van der Waals surface area contributed by atoms with Gasteiger partial charge >= 0.3 is 0 Å². The third-order valence-corrected chi connectivity index (χ3v) is 7.42. The first-order chi connectivity index (χ1) is 17.6. The Balaban J connectivity index is 1.20. The summed E-state index contributed by atoms with van der Waals surface area (Å²) < 4.78 is 0. The van der Waals surface area contributed by atoms with Crippen molar-refractivity contribution in [3.63, 3.8) is 0 Å². The van der Waals surface area contributed by atoms with Crippen molar-refractivity contribution < 1.29 is 4.79 Å². The molecule has 5 nitrogen and oxygen atoms in total. The van der Waals surface area contributed by atoms with E-state index in [4.69, 9.17) is 0 Å². The molecular formula is C31H30N4O. The average Bonchev–Trinajstić information content (AvgIpc) is 3.32. The highest BCUT2D eigenvalue weighted by molar-refractivity contribution is 6.06. The molecule has 0 spiro atoms. The van der Waals surface area contributed by atoms with Crippen LogP contribution in [-0.2, 0) is 25.9 Å². The molecule has 0 saturated carbocycles. The molecule has 2 aliphatic heterocycles. The molecule has 2 aliphatic rings. The van der Waals surface area contributed by atoms with E-state index in [0.717, 1.165) is 72.7 Å². The first kappa shape index (κ1) is 22.5. The topological polar surface area (TPSA) is 48.5 Å². The number of hydrogen-bond donors (Lipinski definition) is 1. The van der Waals surface area contributed by atoms with Crippen LogP contribution < -0.4 is 10.2 Å². The number of aromatic nitrogens is 1. The van der Waals surface area contributed by atoms with Crippen LogP contribution in [0.25, 0.3) is 10.9 Å². The molecule has 180 valence electrons. The van der Waals surface area contributed by atoms with E-state index in [-0.39, 0.29) is 5.91 Å². The second-order valence-corrected chi connectivity index (χ2v) is 9.83. The van der Waals surface area contributed by atoms with Gasteiger partial charge in [-0.05, 0) is 72.4 Å². The fourth-order valence-electron chi connectivity index (χ4n) is 5.60. The molecule has 0 aliphatic carbocycles. The first-order valence-electron chi connectivity index (χ1n) is 12.6. The van der Waals surface area contributed by atoms with Crippen LogP contribution in [0, 0.1) is 0 Å². The molecule has 5 heteroatoms. The van der Waals surface area contributed by atoms with Gasteiger partial charge in [-0.25, -0.2) is 0 Å². The van der Waals surface area contributed by atoms with Crippen molar-refractivity contribution in [1.29, 1.82) is 0 Å². The lowest BCUT2D eigenvalue weighted by Gasteiger charge is -2.30. The summed E-state index contributed by atoms with van der Waals surface area (Å²) in [4.78, 5) is 22.5. The number of rotatable bonds is 5. The number of allylic oxidation sites excluding steroid dienone is 1. The fraction of sp³-hybridized carbons (Fsp3) is 0.226. The van der Waals surface area contributed by atoms with Crippen LogP contribution in [0.1, 0.15) is 39.5 Å². The summed E-state index contributed by atoms with van der Waals surface area (Å²) in [5.41, 5.74) is 9.79. The molecule has 1 aromatic heterocycles. The van der Waals surface area contributed by atoms with Gasteiger partial charge in [0.25, 0.3) is 5.91 Å². The van der Waals surface area contributed by atoms with Crippen LogP contribution in [0.4, 0.5) is 11.4 Å². The van der Waals surface area contributed by atoms with E-state index in [0.29, 0.717) is 0 Å². The molecule has 1 N–H and O–H groups in total. The molecule has 6 rings (SSSR count).